The van der Waals surface area contributed by atoms with Gasteiger partial charge in [0.1, 0.15) is 17.2 Å². The molecule has 1 aromatic heterocycles. The van der Waals surface area contributed by atoms with E-state index in [1.165, 1.54) is 11.3 Å². The molecule has 0 saturated carbocycles. The number of rotatable bonds is 10. The van der Waals surface area contributed by atoms with E-state index in [1.54, 1.807) is 37.3 Å². The molecule has 3 rings (SSSR count). The highest BCUT2D eigenvalue weighted by molar-refractivity contribution is 7.22. The fourth-order valence-electron chi connectivity index (χ4n) is 3.18. The van der Waals surface area contributed by atoms with Crippen LogP contribution >= 0.6 is 23.7 Å². The Labute approximate surface area is 199 Å². The average molecular weight is 480 g/mol. The summed E-state index contributed by atoms with van der Waals surface area (Å²) in [7, 11) is 7.18. The van der Waals surface area contributed by atoms with Crippen LogP contribution in [0.5, 0.6) is 17.2 Å². The number of fused-ring (bicyclic) bond motifs is 1. The van der Waals surface area contributed by atoms with Crippen LogP contribution in [0.25, 0.3) is 10.2 Å². The Kier molecular flexibility index (Phi) is 9.56. The number of carbonyl (C=O) groups is 1. The summed E-state index contributed by atoms with van der Waals surface area (Å²) in [5, 5.41) is 0.661. The number of thiazole rings is 1. The van der Waals surface area contributed by atoms with E-state index in [0.717, 1.165) is 28.9 Å². The first-order valence-corrected chi connectivity index (χ1v) is 11.0. The van der Waals surface area contributed by atoms with E-state index in [9.17, 15) is 4.79 Å². The van der Waals surface area contributed by atoms with E-state index in [-0.39, 0.29) is 18.3 Å². The van der Waals surface area contributed by atoms with Gasteiger partial charge in [0.05, 0.1) is 31.0 Å². The molecule has 174 valence electrons. The molecular weight excluding hydrogens is 450 g/mol. The largest absolute Gasteiger partial charge is 0.497 e. The minimum absolute atomic E-state index is 0. The fraction of sp³-hybridized carbons (Fsp3) is 0.391. The number of carbonyl (C=O) groups excluding carboxylic acids is 1. The molecule has 0 N–H and O–H groups in total. The Hall–Kier alpha value is -2.55. The summed E-state index contributed by atoms with van der Waals surface area (Å²) in [6, 6.07) is 11.0. The molecule has 2 aromatic carbocycles. The van der Waals surface area contributed by atoms with E-state index in [1.807, 2.05) is 39.2 Å². The van der Waals surface area contributed by atoms with E-state index in [2.05, 4.69) is 4.90 Å². The Morgan fingerprint density at radius 1 is 1.00 bits per heavy atom. The van der Waals surface area contributed by atoms with Crippen molar-refractivity contribution in [3.05, 3.63) is 42.0 Å². The molecule has 7 nitrogen and oxygen atoms in total. The molecule has 0 bridgehead atoms. The van der Waals surface area contributed by atoms with Crippen molar-refractivity contribution in [3.63, 3.8) is 0 Å². The summed E-state index contributed by atoms with van der Waals surface area (Å²) >= 11 is 1.49. The second-order valence-corrected chi connectivity index (χ2v) is 8.28. The van der Waals surface area contributed by atoms with Gasteiger partial charge in [-0.05, 0) is 64.3 Å². The van der Waals surface area contributed by atoms with Gasteiger partial charge in [-0.25, -0.2) is 4.98 Å². The Morgan fingerprint density at radius 3 is 2.28 bits per heavy atom. The molecule has 32 heavy (non-hydrogen) atoms. The second kappa shape index (κ2) is 11.9. The number of nitrogens with zero attached hydrogens (tertiary/aromatic N) is 3. The van der Waals surface area contributed by atoms with Gasteiger partial charge < -0.3 is 19.1 Å². The van der Waals surface area contributed by atoms with Crippen LogP contribution in [0.15, 0.2) is 36.4 Å². The third-order valence-corrected chi connectivity index (χ3v) is 5.76. The Balaban J connectivity index is 0.00000363. The smallest absolute Gasteiger partial charge is 0.260 e. The molecule has 0 aliphatic carbocycles. The first-order chi connectivity index (χ1) is 14.9. The lowest BCUT2D eigenvalue weighted by Crippen LogP contribution is -2.33. The van der Waals surface area contributed by atoms with E-state index in [4.69, 9.17) is 19.2 Å². The van der Waals surface area contributed by atoms with Crippen molar-refractivity contribution in [2.45, 2.75) is 13.3 Å². The highest BCUT2D eigenvalue weighted by Gasteiger charge is 2.22. The van der Waals surface area contributed by atoms with Gasteiger partial charge in [0, 0.05) is 18.2 Å². The number of hydrogen-bond acceptors (Lipinski definition) is 7. The lowest BCUT2D eigenvalue weighted by Gasteiger charge is -2.21. The molecule has 0 aliphatic rings. The van der Waals surface area contributed by atoms with Crippen molar-refractivity contribution in [3.8, 4) is 17.2 Å². The minimum Gasteiger partial charge on any atom is -0.497 e. The molecule has 0 unspecified atom stereocenters. The van der Waals surface area contributed by atoms with Crippen LogP contribution in [0.4, 0.5) is 5.13 Å². The highest BCUT2D eigenvalue weighted by Crippen LogP contribution is 2.33. The number of hydrogen-bond donors (Lipinski definition) is 0. The minimum atomic E-state index is -0.139. The lowest BCUT2D eigenvalue weighted by molar-refractivity contribution is 0.0985. The number of methoxy groups -OCH3 is 2. The molecule has 1 amide bonds. The van der Waals surface area contributed by atoms with Crippen LogP contribution in [0.2, 0.25) is 0 Å². The van der Waals surface area contributed by atoms with Crippen molar-refractivity contribution in [2.75, 3.05) is 52.9 Å². The summed E-state index contributed by atoms with van der Waals surface area (Å²) in [4.78, 5) is 22.1. The van der Waals surface area contributed by atoms with Gasteiger partial charge in [-0.15, -0.1) is 12.4 Å². The summed E-state index contributed by atoms with van der Waals surface area (Å²) in [6.07, 6.45) is 0.819. The molecule has 0 saturated heterocycles. The molecular formula is C23H30ClN3O4S. The molecule has 3 aromatic rings. The van der Waals surface area contributed by atoms with Crippen molar-refractivity contribution >= 4 is 45.0 Å². The van der Waals surface area contributed by atoms with Gasteiger partial charge in [0.25, 0.3) is 5.91 Å². The van der Waals surface area contributed by atoms with E-state index >= 15 is 0 Å². The Morgan fingerprint density at radius 2 is 1.69 bits per heavy atom. The van der Waals surface area contributed by atoms with Crippen molar-refractivity contribution in [1.82, 2.24) is 9.88 Å². The van der Waals surface area contributed by atoms with Crippen molar-refractivity contribution in [1.29, 1.82) is 0 Å². The Bertz CT molecular complexity index is 1020. The van der Waals surface area contributed by atoms with Gasteiger partial charge in [-0.2, -0.15) is 0 Å². The maximum absolute atomic E-state index is 13.5. The standard InChI is InChI=1S/C23H29N3O4S.ClH/c1-6-30-17-8-9-20-21(15-17)31-23(24-20)26(11-7-10-25(2)3)22(27)16-12-18(28-4)14-19(13-16)29-5;/h8-9,12-15H,6-7,10-11H2,1-5H3;1H. The normalized spacial score (nSPS) is 10.7. The monoisotopic (exact) mass is 479 g/mol. The van der Waals surface area contributed by atoms with Gasteiger partial charge >= 0.3 is 0 Å². The fourth-order valence-corrected chi connectivity index (χ4v) is 4.20. The van der Waals surface area contributed by atoms with Crippen LogP contribution in [0.3, 0.4) is 0 Å². The zero-order valence-electron chi connectivity index (χ0n) is 19.1. The predicted molar refractivity (Wildman–Crippen MR) is 132 cm³/mol. The maximum atomic E-state index is 13.5. The third-order valence-electron chi connectivity index (χ3n) is 4.72. The molecule has 0 aliphatic heterocycles. The van der Waals surface area contributed by atoms with Gasteiger partial charge in [0.15, 0.2) is 5.13 Å². The number of benzene rings is 2. The molecule has 0 fully saturated rings. The SMILES string of the molecule is CCOc1ccc2nc(N(CCCN(C)C)C(=O)c3cc(OC)cc(OC)c3)sc2c1.Cl. The third kappa shape index (κ3) is 6.25. The zero-order valence-corrected chi connectivity index (χ0v) is 20.7. The van der Waals surface area contributed by atoms with E-state index < -0.39 is 0 Å². The van der Waals surface area contributed by atoms with E-state index in [0.29, 0.717) is 35.3 Å². The molecule has 9 heteroatoms. The first-order valence-electron chi connectivity index (χ1n) is 10.2. The highest BCUT2D eigenvalue weighted by atomic mass is 35.5. The predicted octanol–water partition coefficient (Wildman–Crippen LogP) is 4.73. The maximum Gasteiger partial charge on any atom is 0.260 e. The van der Waals surface area contributed by atoms with Crippen LogP contribution in [-0.2, 0) is 0 Å². The van der Waals surface area contributed by atoms with Gasteiger partial charge in [-0.3, -0.25) is 9.69 Å². The number of anilines is 1. The number of amides is 1. The van der Waals surface area contributed by atoms with Crippen LogP contribution in [0, 0.1) is 0 Å². The quantitative estimate of drug-likeness (QED) is 0.418. The summed E-state index contributed by atoms with van der Waals surface area (Å²) in [5.74, 6) is 1.80. The molecule has 0 spiro atoms. The number of ether oxygens (including phenoxy) is 3. The zero-order chi connectivity index (χ0) is 22.4. The lowest BCUT2D eigenvalue weighted by atomic mass is 10.1. The number of aromatic nitrogens is 1. The average Bonchev–Trinajstić information content (AvgIpc) is 3.18. The molecule has 1 heterocycles. The van der Waals surface area contributed by atoms with Crippen LogP contribution < -0.4 is 19.1 Å². The summed E-state index contributed by atoms with van der Waals surface area (Å²) in [6.45, 7) is 3.97. The first kappa shape index (κ1) is 25.7. The summed E-state index contributed by atoms with van der Waals surface area (Å²) in [5.41, 5.74) is 1.34. The second-order valence-electron chi connectivity index (χ2n) is 7.27. The molecule has 0 radical (unpaired) electrons. The van der Waals surface area contributed by atoms with Crippen LogP contribution in [-0.4, -0.2) is 63.8 Å². The topological polar surface area (TPSA) is 64.1 Å². The van der Waals surface area contributed by atoms with Crippen LogP contribution in [0.1, 0.15) is 23.7 Å². The van der Waals surface area contributed by atoms with Gasteiger partial charge in [0.2, 0.25) is 0 Å². The van der Waals surface area contributed by atoms with Crippen molar-refractivity contribution in [2.24, 2.45) is 0 Å². The number of halogens is 1. The summed E-state index contributed by atoms with van der Waals surface area (Å²) < 4.78 is 17.3. The van der Waals surface area contributed by atoms with Gasteiger partial charge in [-0.1, -0.05) is 11.3 Å². The van der Waals surface area contributed by atoms with Crippen molar-refractivity contribution < 1.29 is 19.0 Å². The molecule has 0 atom stereocenters.